The minimum Gasteiger partial charge on any atom is -0.458 e. The molecule has 3 saturated carbocycles. The first-order valence-corrected chi connectivity index (χ1v) is 11.7. The summed E-state index contributed by atoms with van der Waals surface area (Å²) in [4.78, 5) is 12.7. The monoisotopic (exact) mass is 410 g/mol. The molecule has 30 heavy (non-hydrogen) atoms. The van der Waals surface area contributed by atoms with Crippen molar-refractivity contribution in [2.24, 2.45) is 28.6 Å². The Labute approximate surface area is 179 Å². The van der Waals surface area contributed by atoms with E-state index >= 15 is 0 Å². The van der Waals surface area contributed by atoms with E-state index < -0.39 is 0 Å². The molecule has 5 rings (SSSR count). The van der Waals surface area contributed by atoms with Crippen molar-refractivity contribution >= 4 is 5.97 Å². The zero-order valence-corrected chi connectivity index (χ0v) is 17.9. The molecular formula is C26H34O4. The highest BCUT2D eigenvalue weighted by atomic mass is 16.5. The Morgan fingerprint density at radius 2 is 1.90 bits per heavy atom. The highest BCUT2D eigenvalue weighted by molar-refractivity contribution is 5.89. The molecule has 7 unspecified atom stereocenters. The van der Waals surface area contributed by atoms with Gasteiger partial charge in [0, 0.05) is 10.8 Å². The minimum absolute atomic E-state index is 0.0157. The summed E-state index contributed by atoms with van der Waals surface area (Å²) >= 11 is 0. The number of carbonyl (C=O) groups is 1. The summed E-state index contributed by atoms with van der Waals surface area (Å²) in [6.07, 6.45) is 9.66. The second-order valence-electron chi connectivity index (χ2n) is 10.4. The molecule has 0 aromatic heterocycles. The first-order valence-electron chi connectivity index (χ1n) is 11.7. The van der Waals surface area contributed by atoms with Gasteiger partial charge in [-0.1, -0.05) is 36.8 Å². The van der Waals surface area contributed by atoms with Gasteiger partial charge < -0.3 is 14.9 Å². The van der Waals surface area contributed by atoms with Crippen LogP contribution in [0.2, 0.25) is 0 Å². The predicted molar refractivity (Wildman–Crippen MR) is 115 cm³/mol. The lowest BCUT2D eigenvalue weighted by molar-refractivity contribution is -0.0927. The Morgan fingerprint density at radius 1 is 1.10 bits per heavy atom. The van der Waals surface area contributed by atoms with Crippen molar-refractivity contribution in [1.29, 1.82) is 0 Å². The van der Waals surface area contributed by atoms with Crippen LogP contribution in [0.5, 0.6) is 0 Å². The number of fused-ring (bicyclic) bond motifs is 5. The fourth-order valence-corrected chi connectivity index (χ4v) is 7.65. The lowest BCUT2D eigenvalue weighted by Gasteiger charge is -2.58. The third kappa shape index (κ3) is 2.98. The van der Waals surface area contributed by atoms with E-state index in [1.54, 1.807) is 0 Å². The number of esters is 1. The van der Waals surface area contributed by atoms with Crippen LogP contribution in [0.25, 0.3) is 0 Å². The van der Waals surface area contributed by atoms with Crippen LogP contribution in [0.4, 0.5) is 0 Å². The number of aliphatic hydroxyl groups is 2. The maximum atomic E-state index is 12.7. The molecule has 0 radical (unpaired) electrons. The summed E-state index contributed by atoms with van der Waals surface area (Å²) in [6.45, 7) is 2.53. The average molecular weight is 411 g/mol. The van der Waals surface area contributed by atoms with E-state index in [-0.39, 0.29) is 35.6 Å². The molecule has 4 heteroatoms. The van der Waals surface area contributed by atoms with Crippen LogP contribution < -0.4 is 0 Å². The van der Waals surface area contributed by atoms with Crippen LogP contribution in [-0.4, -0.2) is 35.0 Å². The molecule has 2 N–H and O–H groups in total. The topological polar surface area (TPSA) is 66.8 Å². The van der Waals surface area contributed by atoms with Gasteiger partial charge in [-0.25, -0.2) is 4.79 Å². The third-order valence-corrected chi connectivity index (χ3v) is 9.26. The van der Waals surface area contributed by atoms with Crippen LogP contribution >= 0.6 is 0 Å². The van der Waals surface area contributed by atoms with Crippen LogP contribution in [0.1, 0.15) is 68.6 Å². The normalized spacial score (nSPS) is 42.5. The predicted octanol–water partition coefficient (Wildman–Crippen LogP) is 4.51. The zero-order valence-electron chi connectivity index (χ0n) is 17.9. The molecule has 0 heterocycles. The molecule has 0 amide bonds. The fourth-order valence-electron chi connectivity index (χ4n) is 7.65. The molecule has 1 aromatic rings. The highest BCUT2D eigenvalue weighted by Gasteiger charge is 2.60. The number of hydrogen-bond donors (Lipinski definition) is 2. The van der Waals surface area contributed by atoms with Crippen molar-refractivity contribution in [2.45, 2.75) is 70.5 Å². The van der Waals surface area contributed by atoms with Gasteiger partial charge in [0.2, 0.25) is 0 Å². The van der Waals surface area contributed by atoms with E-state index in [1.165, 1.54) is 5.57 Å². The Hall–Kier alpha value is -1.65. The van der Waals surface area contributed by atoms with Gasteiger partial charge in [0.25, 0.3) is 0 Å². The molecule has 1 aromatic carbocycles. The van der Waals surface area contributed by atoms with Crippen LogP contribution in [0.3, 0.4) is 0 Å². The second-order valence-corrected chi connectivity index (χ2v) is 10.4. The summed E-state index contributed by atoms with van der Waals surface area (Å²) in [5.74, 6) is 1.34. The number of aliphatic hydroxyl groups excluding tert-OH is 2. The fraction of sp³-hybridized carbons (Fsp3) is 0.654. The Bertz CT molecular complexity index is 833. The van der Waals surface area contributed by atoms with E-state index in [1.807, 2.05) is 30.3 Å². The van der Waals surface area contributed by atoms with Crippen molar-refractivity contribution in [3.63, 3.8) is 0 Å². The molecule has 162 valence electrons. The van der Waals surface area contributed by atoms with Crippen molar-refractivity contribution in [2.75, 3.05) is 6.61 Å². The van der Waals surface area contributed by atoms with Gasteiger partial charge in [0.05, 0.1) is 18.3 Å². The maximum absolute atomic E-state index is 12.7. The Balaban J connectivity index is 1.38. The molecule has 0 bridgehead atoms. The Kier molecular flexibility index (Phi) is 5.06. The molecule has 7 atom stereocenters. The average Bonchev–Trinajstić information content (AvgIpc) is 3.10. The molecule has 3 fully saturated rings. The van der Waals surface area contributed by atoms with Gasteiger partial charge in [-0.3, -0.25) is 0 Å². The molecular weight excluding hydrogens is 376 g/mol. The number of ether oxygens (including phenoxy) is 1. The summed E-state index contributed by atoms with van der Waals surface area (Å²) in [7, 11) is 0. The molecule has 0 spiro atoms. The summed E-state index contributed by atoms with van der Waals surface area (Å²) in [6, 6.07) is 9.32. The summed E-state index contributed by atoms with van der Waals surface area (Å²) < 4.78 is 6.08. The SMILES string of the molecule is CC12CCC3C(CC=C4CC(O)CCC43CO)C1CCC2OC(=O)c1ccccc1. The number of rotatable bonds is 3. The van der Waals surface area contributed by atoms with E-state index in [0.29, 0.717) is 23.3 Å². The second kappa shape index (κ2) is 7.49. The van der Waals surface area contributed by atoms with Crippen molar-refractivity contribution < 1.29 is 19.7 Å². The van der Waals surface area contributed by atoms with Gasteiger partial charge in [-0.05, 0) is 81.3 Å². The van der Waals surface area contributed by atoms with Crippen LogP contribution in [-0.2, 0) is 4.74 Å². The van der Waals surface area contributed by atoms with E-state index in [4.69, 9.17) is 4.74 Å². The standard InChI is InChI=1S/C26H34O4/c1-25-13-12-22-20(8-7-18-15-19(28)11-14-26(18,22)16-27)21(25)9-10-23(25)30-24(29)17-5-3-2-4-6-17/h2-7,19-23,27-28H,8-16H2,1H3. The zero-order chi connectivity index (χ0) is 20.9. The summed E-state index contributed by atoms with van der Waals surface area (Å²) in [5.41, 5.74) is 1.81. The maximum Gasteiger partial charge on any atom is 0.338 e. The van der Waals surface area contributed by atoms with Crippen molar-refractivity contribution in [3.05, 3.63) is 47.5 Å². The largest absolute Gasteiger partial charge is 0.458 e. The Morgan fingerprint density at radius 3 is 2.67 bits per heavy atom. The minimum atomic E-state index is -0.255. The molecule has 0 saturated heterocycles. The molecule has 4 aliphatic carbocycles. The van der Waals surface area contributed by atoms with Crippen LogP contribution in [0.15, 0.2) is 42.0 Å². The van der Waals surface area contributed by atoms with Gasteiger partial charge in [-0.2, -0.15) is 0 Å². The van der Waals surface area contributed by atoms with Gasteiger partial charge in [-0.15, -0.1) is 0 Å². The highest BCUT2D eigenvalue weighted by Crippen LogP contribution is 2.65. The van der Waals surface area contributed by atoms with Gasteiger partial charge in [0.1, 0.15) is 6.10 Å². The first kappa shape index (κ1) is 20.3. The number of allylic oxidation sites excluding steroid dienone is 1. The van der Waals surface area contributed by atoms with Gasteiger partial charge >= 0.3 is 5.97 Å². The number of hydrogen-bond acceptors (Lipinski definition) is 4. The number of benzene rings is 1. The van der Waals surface area contributed by atoms with Crippen molar-refractivity contribution in [3.8, 4) is 0 Å². The smallest absolute Gasteiger partial charge is 0.338 e. The van der Waals surface area contributed by atoms with E-state index in [9.17, 15) is 15.0 Å². The third-order valence-electron chi connectivity index (χ3n) is 9.26. The van der Waals surface area contributed by atoms with Gasteiger partial charge in [0.15, 0.2) is 0 Å². The van der Waals surface area contributed by atoms with E-state index in [0.717, 1.165) is 51.4 Å². The molecule has 4 nitrogen and oxygen atoms in total. The lowest BCUT2D eigenvalue weighted by Crippen LogP contribution is -2.53. The first-order chi connectivity index (χ1) is 14.5. The van der Waals surface area contributed by atoms with Crippen molar-refractivity contribution in [1.82, 2.24) is 0 Å². The molecule has 4 aliphatic rings. The quantitative estimate of drug-likeness (QED) is 0.568. The van der Waals surface area contributed by atoms with Crippen LogP contribution in [0, 0.1) is 28.6 Å². The number of carbonyl (C=O) groups excluding carboxylic acids is 1. The molecule has 0 aliphatic heterocycles. The van der Waals surface area contributed by atoms with E-state index in [2.05, 4.69) is 13.0 Å². The lowest BCUT2D eigenvalue weighted by atomic mass is 9.47. The summed E-state index contributed by atoms with van der Waals surface area (Å²) in [5, 5.41) is 20.7.